The number of nitrogens with zero attached hydrogens (tertiary/aromatic N) is 1. The standard InChI is InChI=1S/C15H19Cl2NO3/c1-10(2)18(8-7-15(20)21)14(19)6-4-11-3-5-12(16)9-13(11)17/h3,5,9-10H,4,6-8H2,1-2H3,(H,20,21). The van der Waals surface area contributed by atoms with Crippen LogP contribution in [0.4, 0.5) is 0 Å². The van der Waals surface area contributed by atoms with E-state index >= 15 is 0 Å². The molecule has 0 aliphatic rings. The van der Waals surface area contributed by atoms with Crippen molar-refractivity contribution in [1.29, 1.82) is 0 Å². The number of carbonyl (C=O) groups is 2. The molecule has 0 fully saturated rings. The van der Waals surface area contributed by atoms with Crippen LogP contribution >= 0.6 is 23.2 Å². The van der Waals surface area contributed by atoms with Crippen LogP contribution in [0.1, 0.15) is 32.3 Å². The largest absolute Gasteiger partial charge is 0.481 e. The minimum atomic E-state index is -0.908. The summed E-state index contributed by atoms with van der Waals surface area (Å²) in [6.45, 7) is 3.96. The molecule has 0 aliphatic heterocycles. The molecule has 0 unspecified atom stereocenters. The van der Waals surface area contributed by atoms with E-state index in [1.165, 1.54) is 0 Å². The highest BCUT2D eigenvalue weighted by Crippen LogP contribution is 2.22. The third-order valence-corrected chi connectivity index (χ3v) is 3.72. The van der Waals surface area contributed by atoms with Gasteiger partial charge in [-0.3, -0.25) is 9.59 Å². The summed E-state index contributed by atoms with van der Waals surface area (Å²) >= 11 is 11.9. The molecule has 0 aliphatic carbocycles. The van der Waals surface area contributed by atoms with Gasteiger partial charge in [0.25, 0.3) is 0 Å². The lowest BCUT2D eigenvalue weighted by atomic mass is 10.1. The quantitative estimate of drug-likeness (QED) is 0.829. The van der Waals surface area contributed by atoms with Crippen molar-refractivity contribution in [1.82, 2.24) is 4.90 Å². The second-order valence-corrected chi connectivity index (χ2v) is 5.90. The number of halogens is 2. The molecule has 0 heterocycles. The predicted octanol–water partition coefficient (Wildman–Crippen LogP) is 3.64. The van der Waals surface area contributed by atoms with Crippen LogP contribution in [-0.4, -0.2) is 34.5 Å². The highest BCUT2D eigenvalue weighted by atomic mass is 35.5. The van der Waals surface area contributed by atoms with Crippen molar-refractivity contribution in [2.45, 2.75) is 39.2 Å². The summed E-state index contributed by atoms with van der Waals surface area (Å²) in [5.41, 5.74) is 0.858. The fourth-order valence-corrected chi connectivity index (χ4v) is 2.50. The maximum atomic E-state index is 12.2. The Labute approximate surface area is 134 Å². The molecule has 116 valence electrons. The molecule has 1 aromatic carbocycles. The Morgan fingerprint density at radius 1 is 1.24 bits per heavy atom. The molecule has 0 saturated heterocycles. The average molecular weight is 332 g/mol. The van der Waals surface area contributed by atoms with Crippen molar-refractivity contribution in [2.24, 2.45) is 0 Å². The van der Waals surface area contributed by atoms with Gasteiger partial charge in [-0.25, -0.2) is 0 Å². The Morgan fingerprint density at radius 2 is 1.90 bits per heavy atom. The average Bonchev–Trinajstić information content (AvgIpc) is 2.37. The van der Waals surface area contributed by atoms with Crippen molar-refractivity contribution in [3.8, 4) is 0 Å². The van der Waals surface area contributed by atoms with Crippen LogP contribution in [0, 0.1) is 0 Å². The highest BCUT2D eigenvalue weighted by Gasteiger charge is 2.18. The third-order valence-electron chi connectivity index (χ3n) is 3.13. The zero-order chi connectivity index (χ0) is 16.0. The summed E-state index contributed by atoms with van der Waals surface area (Å²) in [5.74, 6) is -0.980. The molecule has 0 radical (unpaired) electrons. The fourth-order valence-electron chi connectivity index (χ4n) is 2.00. The molecule has 1 rings (SSSR count). The number of carbonyl (C=O) groups excluding carboxylic acids is 1. The molecule has 21 heavy (non-hydrogen) atoms. The van der Waals surface area contributed by atoms with E-state index in [0.29, 0.717) is 22.9 Å². The number of carboxylic acids is 1. The summed E-state index contributed by atoms with van der Waals surface area (Å²) in [4.78, 5) is 24.4. The Kier molecular flexibility index (Phi) is 6.99. The molecule has 1 N–H and O–H groups in total. The van der Waals surface area contributed by atoms with Crippen molar-refractivity contribution in [3.05, 3.63) is 33.8 Å². The SMILES string of the molecule is CC(C)N(CCC(=O)O)C(=O)CCc1ccc(Cl)cc1Cl. The van der Waals surface area contributed by atoms with E-state index in [-0.39, 0.29) is 24.9 Å². The number of aliphatic carboxylic acids is 1. The lowest BCUT2D eigenvalue weighted by Gasteiger charge is -2.26. The predicted molar refractivity (Wildman–Crippen MR) is 83.9 cm³/mol. The number of benzene rings is 1. The van der Waals surface area contributed by atoms with Crippen LogP contribution in [0.3, 0.4) is 0 Å². The van der Waals surface area contributed by atoms with Gasteiger partial charge >= 0.3 is 5.97 Å². The van der Waals surface area contributed by atoms with E-state index in [2.05, 4.69) is 0 Å². The maximum absolute atomic E-state index is 12.2. The molecular formula is C15H19Cl2NO3. The number of amides is 1. The van der Waals surface area contributed by atoms with Crippen LogP contribution in [0.25, 0.3) is 0 Å². The van der Waals surface area contributed by atoms with Crippen molar-refractivity contribution >= 4 is 35.1 Å². The lowest BCUT2D eigenvalue weighted by molar-refractivity contribution is -0.139. The lowest BCUT2D eigenvalue weighted by Crippen LogP contribution is -2.38. The van der Waals surface area contributed by atoms with E-state index in [4.69, 9.17) is 28.3 Å². The van der Waals surface area contributed by atoms with Crippen LogP contribution in [0.5, 0.6) is 0 Å². The molecule has 0 saturated carbocycles. The van der Waals surface area contributed by atoms with Gasteiger partial charge in [0.2, 0.25) is 5.91 Å². The van der Waals surface area contributed by atoms with Crippen LogP contribution in [0.15, 0.2) is 18.2 Å². The van der Waals surface area contributed by atoms with Gasteiger partial charge in [-0.15, -0.1) is 0 Å². The van der Waals surface area contributed by atoms with Gasteiger partial charge in [-0.05, 0) is 38.0 Å². The molecule has 6 heteroatoms. The van der Waals surface area contributed by atoms with E-state index < -0.39 is 5.97 Å². The molecule has 0 spiro atoms. The molecular weight excluding hydrogens is 313 g/mol. The molecule has 1 amide bonds. The van der Waals surface area contributed by atoms with E-state index in [0.717, 1.165) is 5.56 Å². The molecule has 0 bridgehead atoms. The van der Waals surface area contributed by atoms with E-state index in [1.807, 2.05) is 13.8 Å². The Balaban J connectivity index is 2.62. The van der Waals surface area contributed by atoms with Crippen molar-refractivity contribution in [3.63, 3.8) is 0 Å². The normalized spacial score (nSPS) is 10.7. The van der Waals surface area contributed by atoms with Crippen LogP contribution < -0.4 is 0 Å². The first kappa shape index (κ1) is 17.8. The van der Waals surface area contributed by atoms with Gasteiger partial charge in [-0.1, -0.05) is 29.3 Å². The zero-order valence-electron chi connectivity index (χ0n) is 12.1. The number of rotatable bonds is 7. The van der Waals surface area contributed by atoms with Gasteiger partial charge in [-0.2, -0.15) is 0 Å². The smallest absolute Gasteiger partial charge is 0.305 e. The first-order valence-electron chi connectivity index (χ1n) is 6.76. The topological polar surface area (TPSA) is 57.6 Å². The summed E-state index contributed by atoms with van der Waals surface area (Å²) in [6, 6.07) is 5.15. The number of hydrogen-bond donors (Lipinski definition) is 1. The van der Waals surface area contributed by atoms with Crippen LogP contribution in [-0.2, 0) is 16.0 Å². The Hall–Kier alpha value is -1.26. The summed E-state index contributed by atoms with van der Waals surface area (Å²) in [7, 11) is 0. The second-order valence-electron chi connectivity index (χ2n) is 5.06. The Morgan fingerprint density at radius 3 is 2.43 bits per heavy atom. The van der Waals surface area contributed by atoms with Gasteiger partial charge in [0, 0.05) is 29.1 Å². The van der Waals surface area contributed by atoms with E-state index in [1.54, 1.807) is 23.1 Å². The first-order valence-corrected chi connectivity index (χ1v) is 7.52. The highest BCUT2D eigenvalue weighted by molar-refractivity contribution is 6.35. The minimum Gasteiger partial charge on any atom is -0.481 e. The second kappa shape index (κ2) is 8.25. The zero-order valence-corrected chi connectivity index (χ0v) is 13.6. The Bertz CT molecular complexity index is 518. The van der Waals surface area contributed by atoms with Crippen LogP contribution in [0.2, 0.25) is 10.0 Å². The van der Waals surface area contributed by atoms with Gasteiger partial charge in [0.1, 0.15) is 0 Å². The van der Waals surface area contributed by atoms with Gasteiger partial charge in [0.05, 0.1) is 6.42 Å². The molecule has 0 atom stereocenters. The van der Waals surface area contributed by atoms with Gasteiger partial charge < -0.3 is 10.0 Å². The number of aryl methyl sites for hydroxylation is 1. The summed E-state index contributed by atoms with van der Waals surface area (Å²) in [6.07, 6.45) is 0.746. The van der Waals surface area contributed by atoms with Crippen molar-refractivity contribution < 1.29 is 14.7 Å². The summed E-state index contributed by atoms with van der Waals surface area (Å²) in [5, 5.41) is 9.82. The number of hydrogen-bond acceptors (Lipinski definition) is 2. The molecule has 0 aromatic heterocycles. The molecule has 4 nitrogen and oxygen atoms in total. The van der Waals surface area contributed by atoms with E-state index in [9.17, 15) is 9.59 Å². The first-order chi connectivity index (χ1) is 9.81. The van der Waals surface area contributed by atoms with Crippen molar-refractivity contribution in [2.75, 3.05) is 6.54 Å². The third kappa shape index (κ3) is 5.94. The minimum absolute atomic E-state index is 0.0301. The maximum Gasteiger partial charge on any atom is 0.305 e. The fraction of sp³-hybridized carbons (Fsp3) is 0.467. The molecule has 1 aromatic rings. The monoisotopic (exact) mass is 331 g/mol. The summed E-state index contributed by atoms with van der Waals surface area (Å²) < 4.78 is 0. The number of carboxylic acid groups (broad SMARTS) is 1. The van der Waals surface area contributed by atoms with Gasteiger partial charge in [0.15, 0.2) is 0 Å².